The zero-order valence-electron chi connectivity index (χ0n) is 20.9. The number of ether oxygens (including phenoxy) is 1. The summed E-state index contributed by atoms with van der Waals surface area (Å²) in [5.74, 6) is 0.177. The highest BCUT2D eigenvalue weighted by molar-refractivity contribution is 6.74. The Morgan fingerprint density at radius 3 is 1.66 bits per heavy atom. The number of hydrogen-bond donors (Lipinski definition) is 0. The summed E-state index contributed by atoms with van der Waals surface area (Å²) >= 11 is 0. The molecule has 0 unspecified atom stereocenters. The second kappa shape index (κ2) is 10.4. The van der Waals surface area contributed by atoms with Crippen LogP contribution in [0.15, 0.2) is 0 Å². The van der Waals surface area contributed by atoms with Crippen LogP contribution in [-0.2, 0) is 18.4 Å². The molecular weight excluding hydrogens is 396 g/mol. The fourth-order valence-electron chi connectivity index (χ4n) is 2.87. The highest BCUT2D eigenvalue weighted by atomic mass is 28.4. The predicted octanol–water partition coefficient (Wildman–Crippen LogP) is 6.91. The highest BCUT2D eigenvalue weighted by Gasteiger charge is 2.39. The monoisotopic (exact) mass is 444 g/mol. The molecule has 1 fully saturated rings. The number of carbonyl (C=O) groups is 1. The van der Waals surface area contributed by atoms with Gasteiger partial charge in [0.05, 0.1) is 0 Å². The van der Waals surface area contributed by atoms with Crippen molar-refractivity contribution in [3.63, 3.8) is 0 Å². The van der Waals surface area contributed by atoms with E-state index in [0.717, 1.165) is 19.3 Å². The van der Waals surface area contributed by atoms with Crippen molar-refractivity contribution >= 4 is 22.6 Å². The van der Waals surface area contributed by atoms with Crippen LogP contribution in [0.25, 0.3) is 0 Å². The summed E-state index contributed by atoms with van der Waals surface area (Å²) in [6, 6.07) is 0. The average Bonchev–Trinajstić information content (AvgIpc) is 3.04. The largest absolute Gasteiger partial charge is 0.462 e. The summed E-state index contributed by atoms with van der Waals surface area (Å²) in [5, 5.41) is 0.360. The number of esters is 1. The molecule has 0 radical (unpaired) electrons. The van der Waals surface area contributed by atoms with Crippen LogP contribution in [0.5, 0.6) is 0 Å². The minimum atomic E-state index is -1.83. The van der Waals surface area contributed by atoms with Crippen molar-refractivity contribution in [2.45, 2.75) is 122 Å². The molecule has 0 amide bonds. The first-order valence-corrected chi connectivity index (χ1v) is 17.3. The fourth-order valence-corrected chi connectivity index (χ4v) is 5.04. The third kappa shape index (κ3) is 8.84. The minimum Gasteiger partial charge on any atom is -0.462 e. The van der Waals surface area contributed by atoms with Crippen LogP contribution >= 0.6 is 0 Å². The lowest BCUT2D eigenvalue weighted by atomic mass is 10.1. The molecule has 0 N–H and O–H groups in total. The van der Waals surface area contributed by atoms with Gasteiger partial charge in [-0.2, -0.15) is 0 Å². The van der Waals surface area contributed by atoms with Gasteiger partial charge in [0.15, 0.2) is 16.6 Å². The lowest BCUT2D eigenvalue weighted by Crippen LogP contribution is -2.44. The van der Waals surface area contributed by atoms with Gasteiger partial charge in [0.2, 0.25) is 0 Å². The van der Waals surface area contributed by atoms with E-state index in [9.17, 15) is 4.79 Å². The van der Waals surface area contributed by atoms with E-state index < -0.39 is 16.6 Å². The summed E-state index contributed by atoms with van der Waals surface area (Å²) in [5.41, 5.74) is 0. The molecule has 0 bridgehead atoms. The summed E-state index contributed by atoms with van der Waals surface area (Å²) in [4.78, 5) is 12.3. The standard InChI is InChI=1S/C23H48O4Si2/c1-22(2,3)28(7,8)25-17-19(18-26-29(9,10)23(4,5)6)15-16-21(24)27-20-13-11-12-14-20/h19-20H,11-18H2,1-10H3. The van der Waals surface area contributed by atoms with Crippen molar-refractivity contribution in [3.8, 4) is 0 Å². The molecule has 0 atom stereocenters. The van der Waals surface area contributed by atoms with E-state index >= 15 is 0 Å². The molecule has 1 rings (SSSR count). The van der Waals surface area contributed by atoms with Gasteiger partial charge in [-0.25, -0.2) is 0 Å². The van der Waals surface area contributed by atoms with Gasteiger partial charge in [0.1, 0.15) is 6.10 Å². The van der Waals surface area contributed by atoms with E-state index in [1.807, 2.05) is 0 Å². The first-order valence-electron chi connectivity index (χ1n) is 11.5. The summed E-state index contributed by atoms with van der Waals surface area (Å²) in [6.07, 6.45) is 5.80. The van der Waals surface area contributed by atoms with Crippen LogP contribution in [0.1, 0.15) is 80.1 Å². The molecule has 0 spiro atoms. The van der Waals surface area contributed by atoms with Crippen LogP contribution in [0, 0.1) is 5.92 Å². The lowest BCUT2D eigenvalue weighted by molar-refractivity contribution is -0.149. The molecule has 0 aromatic rings. The molecule has 172 valence electrons. The van der Waals surface area contributed by atoms with Gasteiger partial charge in [-0.3, -0.25) is 4.79 Å². The molecule has 0 aromatic heterocycles. The van der Waals surface area contributed by atoms with Crippen molar-refractivity contribution in [1.82, 2.24) is 0 Å². The number of hydrogen-bond acceptors (Lipinski definition) is 4. The maximum absolute atomic E-state index is 12.3. The van der Waals surface area contributed by atoms with Crippen LogP contribution in [-0.4, -0.2) is 41.9 Å². The molecular formula is C23H48O4Si2. The van der Waals surface area contributed by atoms with E-state index in [0.29, 0.717) is 19.6 Å². The fraction of sp³-hybridized carbons (Fsp3) is 0.957. The second-order valence-corrected chi connectivity index (χ2v) is 21.6. The van der Waals surface area contributed by atoms with Crippen molar-refractivity contribution < 1.29 is 18.4 Å². The summed E-state index contributed by atoms with van der Waals surface area (Å²) in [7, 11) is -3.65. The van der Waals surface area contributed by atoms with E-state index in [2.05, 4.69) is 67.7 Å². The average molecular weight is 445 g/mol. The third-order valence-electron chi connectivity index (χ3n) is 7.33. The third-order valence-corrected chi connectivity index (χ3v) is 16.3. The molecule has 1 aliphatic rings. The quantitative estimate of drug-likeness (QED) is 0.271. The molecule has 0 saturated heterocycles. The Balaban J connectivity index is 2.67. The van der Waals surface area contributed by atoms with Gasteiger partial charge in [0.25, 0.3) is 0 Å². The van der Waals surface area contributed by atoms with Crippen LogP contribution in [0.4, 0.5) is 0 Å². The second-order valence-electron chi connectivity index (χ2n) is 11.9. The Labute approximate surface area is 182 Å². The summed E-state index contributed by atoms with van der Waals surface area (Å²) < 4.78 is 18.6. The van der Waals surface area contributed by atoms with E-state index in [1.54, 1.807) is 0 Å². The number of rotatable bonds is 10. The Kier molecular flexibility index (Phi) is 9.65. The van der Waals surface area contributed by atoms with Crippen molar-refractivity contribution in [2.75, 3.05) is 13.2 Å². The minimum absolute atomic E-state index is 0.0541. The maximum atomic E-state index is 12.3. The normalized spacial score (nSPS) is 17.2. The molecule has 0 aromatic carbocycles. The van der Waals surface area contributed by atoms with Crippen molar-refractivity contribution in [2.24, 2.45) is 5.92 Å². The zero-order chi connectivity index (χ0) is 22.5. The van der Waals surface area contributed by atoms with Gasteiger partial charge in [0, 0.05) is 25.6 Å². The molecule has 1 aliphatic carbocycles. The van der Waals surface area contributed by atoms with Gasteiger partial charge in [-0.05, 0) is 68.4 Å². The molecule has 0 heterocycles. The Hall–Kier alpha value is -0.176. The highest BCUT2D eigenvalue weighted by Crippen LogP contribution is 2.38. The zero-order valence-corrected chi connectivity index (χ0v) is 22.9. The van der Waals surface area contributed by atoms with Crippen molar-refractivity contribution in [1.29, 1.82) is 0 Å². The van der Waals surface area contributed by atoms with Crippen LogP contribution in [0.2, 0.25) is 36.3 Å². The summed E-state index contributed by atoms with van der Waals surface area (Å²) in [6.45, 7) is 24.1. The number of carbonyl (C=O) groups excluding carboxylic acids is 1. The van der Waals surface area contributed by atoms with Crippen molar-refractivity contribution in [3.05, 3.63) is 0 Å². The molecule has 6 heteroatoms. The maximum Gasteiger partial charge on any atom is 0.306 e. The van der Waals surface area contributed by atoms with Gasteiger partial charge < -0.3 is 13.6 Å². The van der Waals surface area contributed by atoms with E-state index in [-0.39, 0.29) is 28.1 Å². The first kappa shape index (κ1) is 26.9. The van der Waals surface area contributed by atoms with E-state index in [1.165, 1.54) is 12.8 Å². The van der Waals surface area contributed by atoms with E-state index in [4.69, 9.17) is 13.6 Å². The first-order chi connectivity index (χ1) is 13.1. The van der Waals surface area contributed by atoms with Gasteiger partial charge in [-0.1, -0.05) is 41.5 Å². The van der Waals surface area contributed by atoms with Crippen LogP contribution < -0.4 is 0 Å². The van der Waals surface area contributed by atoms with Gasteiger partial charge in [-0.15, -0.1) is 0 Å². The smallest absolute Gasteiger partial charge is 0.306 e. The molecule has 1 saturated carbocycles. The van der Waals surface area contributed by atoms with Gasteiger partial charge >= 0.3 is 5.97 Å². The molecule has 29 heavy (non-hydrogen) atoms. The Morgan fingerprint density at radius 1 is 0.862 bits per heavy atom. The van der Waals surface area contributed by atoms with Crippen LogP contribution in [0.3, 0.4) is 0 Å². The Bertz CT molecular complexity index is 482. The SMILES string of the molecule is CC(C)(C)[Si](C)(C)OCC(CCC(=O)OC1CCCC1)CO[Si](C)(C)C(C)(C)C. The predicted molar refractivity (Wildman–Crippen MR) is 127 cm³/mol. The topological polar surface area (TPSA) is 44.8 Å². The molecule has 0 aliphatic heterocycles. The Morgan fingerprint density at radius 2 is 1.28 bits per heavy atom. The molecule has 4 nitrogen and oxygen atoms in total. The lowest BCUT2D eigenvalue weighted by Gasteiger charge is -2.39.